The average Bonchev–Trinajstić information content (AvgIpc) is 3.60. The van der Waals surface area contributed by atoms with Gasteiger partial charge in [-0.2, -0.15) is 0 Å². The van der Waals surface area contributed by atoms with Gasteiger partial charge in [-0.05, 0) is 78.7 Å². The molecule has 0 spiro atoms. The lowest BCUT2D eigenvalue weighted by Gasteiger charge is -2.28. The number of carbonyl (C=O) groups excluding carboxylic acids is 2. The number of carboxylic acids is 1. The van der Waals surface area contributed by atoms with Crippen LogP contribution in [0.1, 0.15) is 98.3 Å². The van der Waals surface area contributed by atoms with Crippen LogP contribution in [0.3, 0.4) is 0 Å². The van der Waals surface area contributed by atoms with Gasteiger partial charge in [-0.1, -0.05) is 82.6 Å². The molecule has 5 rings (SSSR count). The molecule has 2 amide bonds. The van der Waals surface area contributed by atoms with Gasteiger partial charge < -0.3 is 15.7 Å². The van der Waals surface area contributed by atoms with Crippen LogP contribution in [0, 0.1) is 5.92 Å². The number of hydrogen-bond acceptors (Lipinski definition) is 6. The molecule has 4 aromatic rings. The van der Waals surface area contributed by atoms with E-state index in [-0.39, 0.29) is 17.7 Å². The van der Waals surface area contributed by atoms with E-state index >= 15 is 0 Å². The van der Waals surface area contributed by atoms with Crippen LogP contribution in [0.15, 0.2) is 73.1 Å². The summed E-state index contributed by atoms with van der Waals surface area (Å²) in [6.45, 7) is 9.91. The molecule has 2 atom stereocenters. The van der Waals surface area contributed by atoms with Gasteiger partial charge in [0, 0.05) is 34.8 Å². The molecule has 0 radical (unpaired) electrons. The van der Waals surface area contributed by atoms with Gasteiger partial charge >= 0.3 is 5.97 Å². The van der Waals surface area contributed by atoms with Crippen molar-refractivity contribution in [1.29, 1.82) is 0 Å². The van der Waals surface area contributed by atoms with E-state index in [0.717, 1.165) is 33.0 Å². The van der Waals surface area contributed by atoms with Crippen molar-refractivity contribution in [3.05, 3.63) is 93.9 Å². The van der Waals surface area contributed by atoms with Gasteiger partial charge in [0.15, 0.2) is 5.82 Å². The highest BCUT2D eigenvalue weighted by Gasteiger charge is 2.27. The monoisotopic (exact) mass is 666 g/mol. The molecule has 2 heterocycles. The van der Waals surface area contributed by atoms with Gasteiger partial charge in [0.05, 0.1) is 4.88 Å². The zero-order chi connectivity index (χ0) is 34.4. The first kappa shape index (κ1) is 35.0. The summed E-state index contributed by atoms with van der Waals surface area (Å²) < 4.78 is 0. The van der Waals surface area contributed by atoms with Crippen LogP contribution >= 0.6 is 11.3 Å². The summed E-state index contributed by atoms with van der Waals surface area (Å²) in [7, 11) is 0. The highest BCUT2D eigenvalue weighted by molar-refractivity contribution is 7.14. The molecule has 2 aromatic carbocycles. The van der Waals surface area contributed by atoms with Gasteiger partial charge in [0.2, 0.25) is 5.91 Å². The predicted octanol–water partition coefficient (Wildman–Crippen LogP) is 7.78. The Labute approximate surface area is 287 Å². The standard InChI is InChI=1S/C39H46N4O4S/c1-6-25-7-11-27(12-8-25)28-15-17-29(18-16-28)31-22-40-35(41-23-31)30-13-9-26(10-14-30)21-32(36(44)42-24(2)38(46)47)43-37(45)33-19-20-34(48-33)39(3,4)5/h9-10,13-20,22-25,27,32H,6-8,11-12,21H2,1-5H3,(H,42,44)(H,43,45)(H,46,47)/t24-,25-,27-,32+/m0/s1. The molecular formula is C39H46N4O4S. The molecule has 0 unspecified atom stereocenters. The van der Waals surface area contributed by atoms with Crippen molar-refractivity contribution < 1.29 is 19.5 Å². The molecule has 2 aromatic heterocycles. The zero-order valence-corrected chi connectivity index (χ0v) is 29.3. The highest BCUT2D eigenvalue weighted by atomic mass is 32.1. The van der Waals surface area contributed by atoms with E-state index in [9.17, 15) is 19.5 Å². The number of aliphatic carboxylic acids is 1. The van der Waals surface area contributed by atoms with Crippen molar-refractivity contribution >= 4 is 29.1 Å². The minimum atomic E-state index is -1.15. The number of hydrogen-bond donors (Lipinski definition) is 3. The molecule has 48 heavy (non-hydrogen) atoms. The number of carbonyl (C=O) groups is 3. The molecule has 1 aliphatic carbocycles. The maximum absolute atomic E-state index is 13.2. The summed E-state index contributed by atoms with van der Waals surface area (Å²) in [5.41, 5.74) is 4.97. The molecule has 1 aliphatic rings. The van der Waals surface area contributed by atoms with Gasteiger partial charge in [0.1, 0.15) is 12.1 Å². The van der Waals surface area contributed by atoms with Gasteiger partial charge in [-0.3, -0.25) is 14.4 Å². The Morgan fingerprint density at radius 1 is 0.854 bits per heavy atom. The summed E-state index contributed by atoms with van der Waals surface area (Å²) in [6, 6.07) is 17.9. The van der Waals surface area contributed by atoms with E-state index in [2.05, 4.69) is 72.6 Å². The van der Waals surface area contributed by atoms with Crippen molar-refractivity contribution in [2.45, 2.75) is 96.6 Å². The molecule has 9 heteroatoms. The number of aromatic nitrogens is 2. The smallest absolute Gasteiger partial charge is 0.325 e. The Balaban J connectivity index is 1.25. The quantitative estimate of drug-likeness (QED) is 0.150. The van der Waals surface area contributed by atoms with Crippen LogP contribution in [-0.4, -0.2) is 44.9 Å². The van der Waals surface area contributed by atoms with Crippen molar-refractivity contribution in [3.8, 4) is 22.5 Å². The second-order valence-corrected chi connectivity index (χ2v) is 15.0. The highest BCUT2D eigenvalue weighted by Crippen LogP contribution is 2.37. The van der Waals surface area contributed by atoms with Gasteiger partial charge in [-0.25, -0.2) is 9.97 Å². The molecule has 0 bridgehead atoms. The second-order valence-electron chi connectivity index (χ2n) is 14.0. The maximum atomic E-state index is 13.2. The molecule has 1 fully saturated rings. The van der Waals surface area contributed by atoms with Crippen molar-refractivity contribution in [1.82, 2.24) is 20.6 Å². The first-order chi connectivity index (χ1) is 22.9. The first-order valence-electron chi connectivity index (χ1n) is 16.9. The van der Waals surface area contributed by atoms with E-state index in [4.69, 9.17) is 0 Å². The summed E-state index contributed by atoms with van der Waals surface area (Å²) in [4.78, 5) is 48.5. The van der Waals surface area contributed by atoms with Crippen molar-refractivity contribution in [2.75, 3.05) is 0 Å². The van der Waals surface area contributed by atoms with Crippen molar-refractivity contribution in [3.63, 3.8) is 0 Å². The van der Waals surface area contributed by atoms with Crippen LogP contribution in [0.2, 0.25) is 0 Å². The zero-order valence-electron chi connectivity index (χ0n) is 28.5. The maximum Gasteiger partial charge on any atom is 0.325 e. The fourth-order valence-electron chi connectivity index (χ4n) is 6.18. The number of thiophene rings is 1. The Bertz CT molecular complexity index is 1700. The fraction of sp³-hybridized carbons (Fsp3) is 0.410. The summed E-state index contributed by atoms with van der Waals surface area (Å²) >= 11 is 1.38. The minimum Gasteiger partial charge on any atom is -0.480 e. The normalized spacial score (nSPS) is 17.7. The lowest BCUT2D eigenvalue weighted by molar-refractivity contribution is -0.141. The predicted molar refractivity (Wildman–Crippen MR) is 191 cm³/mol. The third-order valence-electron chi connectivity index (χ3n) is 9.36. The third-order valence-corrected chi connectivity index (χ3v) is 10.9. The SMILES string of the molecule is CC[C@H]1CC[C@H](c2ccc(-c3cnc(-c4ccc(C[C@@H](NC(=O)c5ccc(C(C)(C)C)s5)C(=O)N[C@@H](C)C(=O)O)cc4)nc3)cc2)CC1. The average molecular weight is 667 g/mol. The van der Waals surface area contributed by atoms with Crippen LogP contribution < -0.4 is 10.6 Å². The van der Waals surface area contributed by atoms with Gasteiger partial charge in [-0.15, -0.1) is 11.3 Å². The molecule has 8 nitrogen and oxygen atoms in total. The summed E-state index contributed by atoms with van der Waals surface area (Å²) in [5.74, 6) is 0.0265. The van der Waals surface area contributed by atoms with Crippen LogP contribution in [0.4, 0.5) is 0 Å². The minimum absolute atomic E-state index is 0.110. The van der Waals surface area contributed by atoms with Crippen LogP contribution in [0.25, 0.3) is 22.5 Å². The van der Waals surface area contributed by atoms with E-state index in [0.29, 0.717) is 16.6 Å². The van der Waals surface area contributed by atoms with E-state index < -0.39 is 24.0 Å². The molecular weight excluding hydrogens is 621 g/mol. The summed E-state index contributed by atoms with van der Waals surface area (Å²) in [5, 5.41) is 14.6. The number of benzene rings is 2. The number of carboxylic acid groups (broad SMARTS) is 1. The summed E-state index contributed by atoms with van der Waals surface area (Å²) in [6.07, 6.45) is 10.3. The number of amides is 2. The molecule has 0 aliphatic heterocycles. The van der Waals surface area contributed by atoms with Crippen LogP contribution in [0.5, 0.6) is 0 Å². The van der Waals surface area contributed by atoms with E-state index in [1.807, 2.05) is 42.7 Å². The van der Waals surface area contributed by atoms with Gasteiger partial charge in [0.25, 0.3) is 5.91 Å². The lowest BCUT2D eigenvalue weighted by atomic mass is 9.78. The molecule has 1 saturated carbocycles. The molecule has 3 N–H and O–H groups in total. The first-order valence-corrected chi connectivity index (χ1v) is 17.7. The van der Waals surface area contributed by atoms with Crippen molar-refractivity contribution in [2.24, 2.45) is 5.92 Å². The van der Waals surface area contributed by atoms with E-state index in [1.54, 1.807) is 6.07 Å². The third kappa shape index (κ3) is 8.75. The molecule has 0 saturated heterocycles. The molecule has 252 valence electrons. The fourth-order valence-corrected chi connectivity index (χ4v) is 7.15. The Kier molecular flexibility index (Phi) is 11.1. The number of nitrogens with zero attached hydrogens (tertiary/aromatic N) is 2. The largest absolute Gasteiger partial charge is 0.480 e. The lowest BCUT2D eigenvalue weighted by Crippen LogP contribution is -2.51. The Morgan fingerprint density at radius 3 is 2.04 bits per heavy atom. The van der Waals surface area contributed by atoms with Crippen LogP contribution in [-0.2, 0) is 21.4 Å². The second kappa shape index (κ2) is 15.2. The Morgan fingerprint density at radius 2 is 1.48 bits per heavy atom. The van der Waals surface area contributed by atoms with E-state index in [1.165, 1.54) is 55.9 Å². The topological polar surface area (TPSA) is 121 Å². The number of nitrogens with one attached hydrogen (secondary N) is 2. The Hall–Kier alpha value is -4.37. The number of rotatable bonds is 11.